The Kier molecular flexibility index (Phi) is 4.95. The molecule has 0 bridgehead atoms. The maximum Gasteiger partial charge on any atom is 0.256 e. The molecule has 0 radical (unpaired) electrons. The molecule has 1 fully saturated rings. The van der Waals surface area contributed by atoms with Gasteiger partial charge < -0.3 is 10.5 Å². The van der Waals surface area contributed by atoms with Gasteiger partial charge in [-0.3, -0.25) is 0 Å². The number of nitrogens with two attached hydrogens (primary N) is 1. The molecule has 9 heteroatoms. The molecule has 1 aromatic carbocycles. The molecule has 0 spiro atoms. The lowest BCUT2D eigenvalue weighted by Crippen LogP contribution is -2.48. The summed E-state index contributed by atoms with van der Waals surface area (Å²) >= 11 is 5.80. The molecule has 1 aromatic rings. The minimum atomic E-state index is -4.04. The molecule has 1 heterocycles. The monoisotopic (exact) mass is 323 g/mol. The summed E-state index contributed by atoms with van der Waals surface area (Å²) in [6.07, 6.45) is 0. The first-order valence-corrected chi connectivity index (χ1v) is 7.83. The number of halogens is 2. The Bertz CT molecular complexity index is 591. The fraction of sp³-hybridized carbons (Fsp3) is 0.455. The highest BCUT2D eigenvalue weighted by Gasteiger charge is 2.25. The van der Waals surface area contributed by atoms with Crippen molar-refractivity contribution in [3.63, 3.8) is 0 Å². The number of nitrogens with zero attached hydrogens (tertiary/aromatic N) is 1. The van der Waals surface area contributed by atoms with Crippen LogP contribution in [0.4, 0.5) is 4.39 Å². The molecule has 0 amide bonds. The Labute approximate surface area is 121 Å². The summed E-state index contributed by atoms with van der Waals surface area (Å²) in [7, 11) is -4.04. The second kappa shape index (κ2) is 6.33. The van der Waals surface area contributed by atoms with Gasteiger partial charge in [0, 0.05) is 30.2 Å². The molecule has 2 rings (SSSR count). The Morgan fingerprint density at radius 2 is 2.05 bits per heavy atom. The van der Waals surface area contributed by atoms with Crippen molar-refractivity contribution < 1.29 is 17.5 Å². The average Bonchev–Trinajstić information content (AvgIpc) is 2.41. The maximum absolute atomic E-state index is 14.1. The molecule has 0 saturated carbocycles. The minimum absolute atomic E-state index is 0.0554. The summed E-state index contributed by atoms with van der Waals surface area (Å²) in [5.41, 5.74) is 5.43. The van der Waals surface area contributed by atoms with Crippen LogP contribution in [-0.2, 0) is 21.3 Å². The van der Waals surface area contributed by atoms with Crippen LogP contribution >= 0.6 is 11.6 Å². The summed E-state index contributed by atoms with van der Waals surface area (Å²) < 4.78 is 43.6. The largest absolute Gasteiger partial charge is 0.379 e. The van der Waals surface area contributed by atoms with Gasteiger partial charge in [0.05, 0.1) is 13.2 Å². The van der Waals surface area contributed by atoms with Gasteiger partial charge in [0.2, 0.25) is 0 Å². The zero-order chi connectivity index (χ0) is 14.8. The van der Waals surface area contributed by atoms with Gasteiger partial charge in [-0.15, -0.1) is 4.83 Å². The smallest absolute Gasteiger partial charge is 0.256 e. The highest BCUT2D eigenvalue weighted by atomic mass is 35.5. The molecule has 1 aliphatic heterocycles. The lowest BCUT2D eigenvalue weighted by atomic mass is 10.2. The topological polar surface area (TPSA) is 84.7 Å². The van der Waals surface area contributed by atoms with Crippen LogP contribution in [0.25, 0.3) is 0 Å². The third-order valence-corrected chi connectivity index (χ3v) is 4.44. The predicted octanol–water partition coefficient (Wildman–Crippen LogP) is 0.463. The standard InChI is InChI=1S/C11H15ClFN3O3S/c12-9-5-8(7-14)11(13)10(6-9)20(17,18)15-16-1-3-19-4-2-16/h5-6,15H,1-4,7,14H2. The molecular weight excluding hydrogens is 309 g/mol. The van der Waals surface area contributed by atoms with E-state index in [1.807, 2.05) is 0 Å². The van der Waals surface area contributed by atoms with Gasteiger partial charge in [-0.25, -0.2) is 17.8 Å². The van der Waals surface area contributed by atoms with Gasteiger partial charge >= 0.3 is 0 Å². The number of benzene rings is 1. The Hall–Kier alpha value is -0.770. The second-order valence-electron chi connectivity index (χ2n) is 4.28. The number of rotatable bonds is 4. The zero-order valence-electron chi connectivity index (χ0n) is 10.6. The number of hydrazine groups is 1. The molecule has 0 atom stereocenters. The molecule has 112 valence electrons. The lowest BCUT2D eigenvalue weighted by Gasteiger charge is -2.26. The van der Waals surface area contributed by atoms with Crippen LogP contribution in [0, 0.1) is 5.82 Å². The summed E-state index contributed by atoms with van der Waals surface area (Å²) in [6, 6.07) is 2.38. The molecule has 3 N–H and O–H groups in total. The Balaban J connectivity index is 2.31. The van der Waals surface area contributed by atoms with Crippen LogP contribution < -0.4 is 10.6 Å². The first kappa shape index (κ1) is 15.6. The Morgan fingerprint density at radius 3 is 2.65 bits per heavy atom. The van der Waals surface area contributed by atoms with Crippen molar-refractivity contribution >= 4 is 21.6 Å². The van der Waals surface area contributed by atoms with Crippen molar-refractivity contribution in [2.75, 3.05) is 26.3 Å². The number of hydrogen-bond donors (Lipinski definition) is 2. The van der Waals surface area contributed by atoms with Crippen LogP contribution in [0.2, 0.25) is 5.02 Å². The van der Waals surface area contributed by atoms with E-state index in [9.17, 15) is 12.8 Å². The van der Waals surface area contributed by atoms with Gasteiger partial charge in [0.1, 0.15) is 10.7 Å². The van der Waals surface area contributed by atoms with Crippen LogP contribution in [0.3, 0.4) is 0 Å². The van der Waals surface area contributed by atoms with Crippen molar-refractivity contribution in [3.05, 3.63) is 28.5 Å². The van der Waals surface area contributed by atoms with Gasteiger partial charge in [-0.1, -0.05) is 11.6 Å². The quantitative estimate of drug-likeness (QED) is 0.841. The summed E-state index contributed by atoms with van der Waals surface area (Å²) in [4.78, 5) is 1.81. The van der Waals surface area contributed by atoms with Crippen LogP contribution in [0.5, 0.6) is 0 Å². The average molecular weight is 324 g/mol. The third-order valence-electron chi connectivity index (χ3n) is 2.85. The fourth-order valence-corrected chi connectivity index (χ4v) is 3.41. The highest BCUT2D eigenvalue weighted by molar-refractivity contribution is 7.89. The lowest BCUT2D eigenvalue weighted by molar-refractivity contribution is 0.0272. The fourth-order valence-electron chi connectivity index (χ4n) is 1.84. The number of ether oxygens (including phenoxy) is 1. The van der Waals surface area contributed by atoms with E-state index in [0.717, 1.165) is 6.07 Å². The van der Waals surface area contributed by atoms with Crippen LogP contribution in [-0.4, -0.2) is 39.7 Å². The zero-order valence-corrected chi connectivity index (χ0v) is 12.2. The maximum atomic E-state index is 14.1. The molecule has 0 unspecified atom stereocenters. The number of hydrogen-bond acceptors (Lipinski definition) is 5. The summed E-state index contributed by atoms with van der Waals surface area (Å²) in [5, 5.41) is 1.58. The molecule has 0 aliphatic carbocycles. The second-order valence-corrected chi connectivity index (χ2v) is 6.34. The number of sulfonamides is 1. The van der Waals surface area contributed by atoms with Gasteiger partial charge in [0.15, 0.2) is 0 Å². The number of morpholine rings is 1. The third kappa shape index (κ3) is 3.46. The van der Waals surface area contributed by atoms with Gasteiger partial charge in [-0.05, 0) is 12.1 Å². The highest BCUT2D eigenvalue weighted by Crippen LogP contribution is 2.23. The molecule has 6 nitrogen and oxygen atoms in total. The van der Waals surface area contributed by atoms with Crippen LogP contribution in [0.15, 0.2) is 17.0 Å². The van der Waals surface area contributed by atoms with Crippen molar-refractivity contribution in [1.29, 1.82) is 0 Å². The van der Waals surface area contributed by atoms with E-state index in [1.165, 1.54) is 11.1 Å². The Morgan fingerprint density at radius 1 is 1.40 bits per heavy atom. The van der Waals surface area contributed by atoms with Gasteiger partial charge in [-0.2, -0.15) is 0 Å². The van der Waals surface area contributed by atoms with Crippen molar-refractivity contribution in [3.8, 4) is 0 Å². The van der Waals surface area contributed by atoms with Crippen LogP contribution in [0.1, 0.15) is 5.56 Å². The van der Waals surface area contributed by atoms with E-state index in [4.69, 9.17) is 22.1 Å². The van der Waals surface area contributed by atoms with E-state index in [1.54, 1.807) is 0 Å². The van der Waals surface area contributed by atoms with E-state index < -0.39 is 20.7 Å². The number of nitrogens with one attached hydrogen (secondary N) is 1. The van der Waals surface area contributed by atoms with E-state index in [-0.39, 0.29) is 17.1 Å². The van der Waals surface area contributed by atoms with Crippen molar-refractivity contribution in [2.45, 2.75) is 11.4 Å². The molecule has 0 aromatic heterocycles. The SMILES string of the molecule is NCc1cc(Cl)cc(S(=O)(=O)NN2CCOCC2)c1F. The first-order valence-electron chi connectivity index (χ1n) is 5.97. The molecule has 1 saturated heterocycles. The minimum Gasteiger partial charge on any atom is -0.379 e. The predicted molar refractivity (Wildman–Crippen MR) is 72.0 cm³/mol. The van der Waals surface area contributed by atoms with E-state index >= 15 is 0 Å². The van der Waals surface area contributed by atoms with E-state index in [2.05, 4.69) is 4.83 Å². The normalized spacial score (nSPS) is 17.4. The van der Waals surface area contributed by atoms with Crippen molar-refractivity contribution in [2.24, 2.45) is 5.73 Å². The summed E-state index contributed by atoms with van der Waals surface area (Å²) in [6.45, 7) is 1.48. The molecular formula is C11H15ClFN3O3S. The molecule has 20 heavy (non-hydrogen) atoms. The van der Waals surface area contributed by atoms with Gasteiger partial charge in [0.25, 0.3) is 10.0 Å². The molecule has 1 aliphatic rings. The summed E-state index contributed by atoms with van der Waals surface area (Å²) in [5.74, 6) is -0.877. The first-order chi connectivity index (χ1) is 9.44. The van der Waals surface area contributed by atoms with E-state index in [0.29, 0.717) is 26.3 Å². The van der Waals surface area contributed by atoms with Crippen molar-refractivity contribution in [1.82, 2.24) is 9.84 Å².